The van der Waals surface area contributed by atoms with Gasteiger partial charge in [-0.25, -0.2) is 15.0 Å². The molecule has 0 saturated carbocycles. The maximum absolute atomic E-state index is 4.95. The van der Waals surface area contributed by atoms with Crippen LogP contribution in [0.4, 0.5) is 0 Å². The fourth-order valence-electron chi connectivity index (χ4n) is 8.02. The van der Waals surface area contributed by atoms with Crippen molar-refractivity contribution >= 4 is 43.5 Å². The summed E-state index contributed by atoms with van der Waals surface area (Å²) in [4.78, 5) is 14.8. The highest BCUT2D eigenvalue weighted by molar-refractivity contribution is 6.15. The molecule has 11 aromatic rings. The Morgan fingerprint density at radius 1 is 0.304 bits per heavy atom. The molecule has 0 bridgehead atoms. The van der Waals surface area contributed by atoms with E-state index in [0.29, 0.717) is 17.5 Å². The first-order valence-corrected chi connectivity index (χ1v) is 18.9. The highest BCUT2D eigenvalue weighted by Gasteiger charge is 2.16. The van der Waals surface area contributed by atoms with Crippen molar-refractivity contribution in [3.63, 3.8) is 0 Å². The molecule has 56 heavy (non-hydrogen) atoms. The minimum atomic E-state index is 0.642. The molecule has 262 valence electrons. The second kappa shape index (κ2) is 13.0. The summed E-state index contributed by atoms with van der Waals surface area (Å²) in [7, 11) is 0. The van der Waals surface area contributed by atoms with Gasteiger partial charge in [-0.3, -0.25) is 0 Å². The molecule has 0 unspecified atom stereocenters. The lowest BCUT2D eigenvalue weighted by molar-refractivity contribution is 1.07. The van der Waals surface area contributed by atoms with Gasteiger partial charge in [0, 0.05) is 50.4 Å². The molecular weight excluding hydrogens is 683 g/mol. The van der Waals surface area contributed by atoms with Gasteiger partial charge in [0.2, 0.25) is 0 Å². The van der Waals surface area contributed by atoms with Crippen molar-refractivity contribution in [2.45, 2.75) is 0 Å². The van der Waals surface area contributed by atoms with Crippen molar-refractivity contribution in [3.8, 4) is 56.7 Å². The van der Waals surface area contributed by atoms with Gasteiger partial charge in [0.05, 0.1) is 16.6 Å². The normalized spacial score (nSPS) is 11.6. The zero-order valence-electron chi connectivity index (χ0n) is 30.3. The summed E-state index contributed by atoms with van der Waals surface area (Å²) < 4.78 is 4.67. The molecule has 5 nitrogen and oxygen atoms in total. The van der Waals surface area contributed by atoms with Crippen LogP contribution in [0.1, 0.15) is 0 Å². The molecule has 5 heteroatoms. The zero-order chi connectivity index (χ0) is 37.0. The van der Waals surface area contributed by atoms with E-state index < -0.39 is 0 Å². The van der Waals surface area contributed by atoms with Crippen LogP contribution in [-0.4, -0.2) is 24.1 Å². The molecule has 0 N–H and O–H groups in total. The van der Waals surface area contributed by atoms with Gasteiger partial charge in [0.25, 0.3) is 0 Å². The number of benzene rings is 8. The first-order valence-electron chi connectivity index (χ1n) is 18.9. The van der Waals surface area contributed by atoms with Crippen molar-refractivity contribution in [2.75, 3.05) is 0 Å². The Balaban J connectivity index is 0.963. The third-order valence-electron chi connectivity index (χ3n) is 10.8. The van der Waals surface area contributed by atoms with Gasteiger partial charge in [-0.05, 0) is 88.6 Å². The van der Waals surface area contributed by atoms with E-state index in [0.717, 1.165) is 39.2 Å². The number of rotatable bonds is 6. The van der Waals surface area contributed by atoms with E-state index in [-0.39, 0.29) is 0 Å². The summed E-state index contributed by atoms with van der Waals surface area (Å²) in [6.07, 6.45) is 2.17. The summed E-state index contributed by atoms with van der Waals surface area (Å²) in [5.74, 6) is 1.95. The minimum absolute atomic E-state index is 0.642. The van der Waals surface area contributed by atoms with Crippen molar-refractivity contribution in [2.24, 2.45) is 0 Å². The Morgan fingerprint density at radius 2 is 0.875 bits per heavy atom. The second-order valence-corrected chi connectivity index (χ2v) is 14.2. The van der Waals surface area contributed by atoms with Crippen LogP contribution in [0.15, 0.2) is 200 Å². The second-order valence-electron chi connectivity index (χ2n) is 14.2. The Labute approximate surface area is 323 Å². The smallest absolute Gasteiger partial charge is 0.164 e. The number of nitrogens with zero attached hydrogens (tertiary/aromatic N) is 5. The molecule has 3 heterocycles. The van der Waals surface area contributed by atoms with Gasteiger partial charge in [0.1, 0.15) is 0 Å². The topological polar surface area (TPSA) is 48.5 Å². The van der Waals surface area contributed by atoms with Crippen LogP contribution in [0.2, 0.25) is 0 Å². The van der Waals surface area contributed by atoms with E-state index in [1.54, 1.807) is 0 Å². The van der Waals surface area contributed by atoms with Crippen molar-refractivity contribution in [3.05, 3.63) is 200 Å². The quantitative estimate of drug-likeness (QED) is 0.172. The van der Waals surface area contributed by atoms with Gasteiger partial charge < -0.3 is 9.13 Å². The van der Waals surface area contributed by atoms with Crippen molar-refractivity contribution in [1.82, 2.24) is 24.1 Å². The average Bonchev–Trinajstić information content (AvgIpc) is 3.83. The van der Waals surface area contributed by atoms with E-state index in [1.807, 2.05) is 60.7 Å². The number of hydrogen-bond acceptors (Lipinski definition) is 3. The molecular formula is C51H33N5. The van der Waals surface area contributed by atoms with Gasteiger partial charge in [-0.2, -0.15) is 0 Å². The molecule has 0 spiro atoms. The highest BCUT2D eigenvalue weighted by atomic mass is 15.0. The fourth-order valence-corrected chi connectivity index (χ4v) is 8.02. The Morgan fingerprint density at radius 3 is 1.59 bits per heavy atom. The molecule has 0 amide bonds. The predicted molar refractivity (Wildman–Crippen MR) is 230 cm³/mol. The Kier molecular flexibility index (Phi) is 7.42. The van der Waals surface area contributed by atoms with Crippen LogP contribution >= 0.6 is 0 Å². The molecule has 0 aliphatic heterocycles. The predicted octanol–water partition coefficient (Wildman–Crippen LogP) is 12.7. The van der Waals surface area contributed by atoms with Crippen molar-refractivity contribution < 1.29 is 0 Å². The Bertz CT molecular complexity index is 3160. The standard InChI is InChI=1S/C51H33N5/c1-4-13-35(14-5-1)49-52-50(36-15-6-2-7-16-36)54-51(53-49)39-18-12-17-37(29-39)34-23-25-42(26-24-34)55-28-27-38-30-40-31-45-44-21-10-11-22-46(44)56(43-19-8-3-9-20-43)48(45)33-41(40)32-47(38)55/h1-33H. The largest absolute Gasteiger partial charge is 0.317 e. The minimum Gasteiger partial charge on any atom is -0.317 e. The van der Waals surface area contributed by atoms with Crippen LogP contribution in [0.5, 0.6) is 0 Å². The van der Waals surface area contributed by atoms with Gasteiger partial charge >= 0.3 is 0 Å². The number of para-hydroxylation sites is 2. The molecule has 0 saturated heterocycles. The lowest BCUT2D eigenvalue weighted by Gasteiger charge is -2.11. The van der Waals surface area contributed by atoms with Gasteiger partial charge in [-0.15, -0.1) is 0 Å². The van der Waals surface area contributed by atoms with Crippen LogP contribution in [0, 0.1) is 0 Å². The molecule has 3 aromatic heterocycles. The molecule has 0 fully saturated rings. The third kappa shape index (κ3) is 5.45. The molecule has 11 rings (SSSR count). The summed E-state index contributed by atoms with van der Waals surface area (Å²) in [6.45, 7) is 0. The number of aromatic nitrogens is 5. The summed E-state index contributed by atoms with van der Waals surface area (Å²) in [5, 5.41) is 6.18. The van der Waals surface area contributed by atoms with Crippen LogP contribution in [-0.2, 0) is 0 Å². The summed E-state index contributed by atoms with van der Waals surface area (Å²) >= 11 is 0. The van der Waals surface area contributed by atoms with Gasteiger partial charge in [-0.1, -0.05) is 127 Å². The van der Waals surface area contributed by atoms with Gasteiger partial charge in [0.15, 0.2) is 17.5 Å². The van der Waals surface area contributed by atoms with E-state index in [4.69, 9.17) is 15.0 Å². The molecule has 0 radical (unpaired) electrons. The first-order chi connectivity index (χ1) is 27.7. The Hall–Kier alpha value is -7.63. The van der Waals surface area contributed by atoms with Crippen LogP contribution in [0.25, 0.3) is 100 Å². The molecule has 0 aliphatic rings. The fraction of sp³-hybridized carbons (Fsp3) is 0. The molecule has 8 aromatic carbocycles. The molecule has 0 atom stereocenters. The van der Waals surface area contributed by atoms with E-state index in [1.165, 1.54) is 43.5 Å². The lowest BCUT2D eigenvalue weighted by atomic mass is 10.0. The zero-order valence-corrected chi connectivity index (χ0v) is 30.3. The van der Waals surface area contributed by atoms with E-state index in [9.17, 15) is 0 Å². The highest BCUT2D eigenvalue weighted by Crippen LogP contribution is 2.37. The SMILES string of the molecule is c1ccc(-c2nc(-c3ccccc3)nc(-c3cccc(-c4ccc(-n5ccc6cc7cc8c9ccccc9n(-c9ccccc9)c8cc7cc65)cc4)c3)n2)cc1. The third-order valence-corrected chi connectivity index (χ3v) is 10.8. The number of hydrogen-bond donors (Lipinski definition) is 0. The maximum Gasteiger partial charge on any atom is 0.164 e. The first kappa shape index (κ1) is 31.9. The van der Waals surface area contributed by atoms with E-state index in [2.05, 4.69) is 149 Å². The lowest BCUT2D eigenvalue weighted by Crippen LogP contribution is -2.00. The average molecular weight is 716 g/mol. The monoisotopic (exact) mass is 715 g/mol. The van der Waals surface area contributed by atoms with E-state index >= 15 is 0 Å². The van der Waals surface area contributed by atoms with Crippen molar-refractivity contribution in [1.29, 1.82) is 0 Å². The van der Waals surface area contributed by atoms with Crippen LogP contribution < -0.4 is 0 Å². The maximum atomic E-state index is 4.95. The van der Waals surface area contributed by atoms with Crippen LogP contribution in [0.3, 0.4) is 0 Å². The molecule has 0 aliphatic carbocycles. The number of fused-ring (bicyclic) bond motifs is 5. The summed E-state index contributed by atoms with van der Waals surface area (Å²) in [6, 6.07) is 68.3. The summed E-state index contributed by atoms with van der Waals surface area (Å²) in [5.41, 5.74) is 10.9.